The molecule has 1 rings (SSSR count). The van der Waals surface area contributed by atoms with Crippen LogP contribution in [0.3, 0.4) is 0 Å². The molecule has 104 valence electrons. The fourth-order valence-corrected chi connectivity index (χ4v) is 1.90. The van der Waals surface area contributed by atoms with Crippen molar-refractivity contribution in [2.45, 2.75) is 26.3 Å². The van der Waals surface area contributed by atoms with Gasteiger partial charge in [-0.25, -0.2) is 0 Å². The van der Waals surface area contributed by atoms with E-state index in [4.69, 9.17) is 5.11 Å². The first-order chi connectivity index (χ1) is 8.50. The summed E-state index contributed by atoms with van der Waals surface area (Å²) in [5, 5.41) is 14.9. The minimum Gasteiger partial charge on any atom is -0.481 e. The maximum absolute atomic E-state index is 11.8. The maximum Gasteiger partial charge on any atom is 0.308 e. The fourth-order valence-electron chi connectivity index (χ4n) is 1.90. The Morgan fingerprint density at radius 2 is 2.06 bits per heavy atom. The lowest BCUT2D eigenvalue weighted by molar-refractivity contribution is -0.142. The van der Waals surface area contributed by atoms with Crippen molar-refractivity contribution < 1.29 is 14.7 Å². The van der Waals surface area contributed by atoms with Gasteiger partial charge in [-0.2, -0.15) is 0 Å². The van der Waals surface area contributed by atoms with Crippen molar-refractivity contribution in [3.8, 4) is 0 Å². The number of carbonyl (C=O) groups is 2. The number of hydrogen-bond acceptors (Lipinski definition) is 4. The second-order valence-corrected chi connectivity index (χ2v) is 4.86. The minimum absolute atomic E-state index is 0.0995. The summed E-state index contributed by atoms with van der Waals surface area (Å²) in [5.41, 5.74) is 0. The second kappa shape index (κ2) is 7.33. The van der Waals surface area contributed by atoms with Gasteiger partial charge in [-0.1, -0.05) is 0 Å². The quantitative estimate of drug-likeness (QED) is 0.619. The zero-order valence-electron chi connectivity index (χ0n) is 11.1. The standard InChI is InChI=1S/C12H23N3O3/c1-9(12(17)18)10(2)14-11(16)8-15-6-3-4-13-5-7-15/h9-10,13H,3-8H2,1-2H3,(H,14,16)(H,17,18). The van der Waals surface area contributed by atoms with Gasteiger partial charge in [0.25, 0.3) is 0 Å². The Balaban J connectivity index is 2.33. The number of nitrogens with zero attached hydrogens (tertiary/aromatic N) is 1. The van der Waals surface area contributed by atoms with E-state index in [1.807, 2.05) is 0 Å². The SMILES string of the molecule is CC(NC(=O)CN1CCCNCC1)C(C)C(=O)O. The Morgan fingerprint density at radius 1 is 1.33 bits per heavy atom. The molecule has 0 spiro atoms. The van der Waals surface area contributed by atoms with Crippen LogP contribution in [0.15, 0.2) is 0 Å². The van der Waals surface area contributed by atoms with Crippen LogP contribution in [-0.2, 0) is 9.59 Å². The highest BCUT2D eigenvalue weighted by Crippen LogP contribution is 2.02. The normalized spacial score (nSPS) is 20.8. The number of carbonyl (C=O) groups excluding carboxylic acids is 1. The van der Waals surface area contributed by atoms with Gasteiger partial charge in [-0.15, -0.1) is 0 Å². The second-order valence-electron chi connectivity index (χ2n) is 4.86. The summed E-state index contributed by atoms with van der Waals surface area (Å²) in [6.45, 7) is 7.32. The number of nitrogens with one attached hydrogen (secondary N) is 2. The van der Waals surface area contributed by atoms with Crippen molar-refractivity contribution in [1.82, 2.24) is 15.5 Å². The number of carboxylic acid groups (broad SMARTS) is 1. The molecule has 1 aliphatic heterocycles. The van der Waals surface area contributed by atoms with E-state index >= 15 is 0 Å². The monoisotopic (exact) mass is 257 g/mol. The molecule has 1 aliphatic rings. The molecule has 0 aromatic carbocycles. The lowest BCUT2D eigenvalue weighted by Gasteiger charge is -2.22. The Morgan fingerprint density at radius 3 is 2.72 bits per heavy atom. The van der Waals surface area contributed by atoms with Gasteiger partial charge in [0.15, 0.2) is 0 Å². The molecule has 0 saturated carbocycles. The third-order valence-corrected chi connectivity index (χ3v) is 3.33. The highest BCUT2D eigenvalue weighted by Gasteiger charge is 2.21. The van der Waals surface area contributed by atoms with Gasteiger partial charge in [-0.3, -0.25) is 14.5 Å². The van der Waals surface area contributed by atoms with E-state index in [2.05, 4.69) is 15.5 Å². The molecule has 1 amide bonds. The molecule has 0 bridgehead atoms. The molecule has 1 fully saturated rings. The van der Waals surface area contributed by atoms with Crippen molar-refractivity contribution in [2.75, 3.05) is 32.7 Å². The number of aliphatic carboxylic acids is 1. The van der Waals surface area contributed by atoms with E-state index in [0.29, 0.717) is 6.54 Å². The molecular weight excluding hydrogens is 234 g/mol. The summed E-state index contributed by atoms with van der Waals surface area (Å²) in [6, 6.07) is -0.347. The largest absolute Gasteiger partial charge is 0.481 e. The summed E-state index contributed by atoms with van der Waals surface area (Å²) in [5.74, 6) is -1.56. The Kier molecular flexibility index (Phi) is 6.07. The molecule has 2 atom stereocenters. The van der Waals surface area contributed by atoms with Crippen LogP contribution < -0.4 is 10.6 Å². The third-order valence-electron chi connectivity index (χ3n) is 3.33. The third kappa shape index (κ3) is 5.01. The van der Waals surface area contributed by atoms with Crippen LogP contribution in [0.2, 0.25) is 0 Å². The van der Waals surface area contributed by atoms with Gasteiger partial charge in [0.2, 0.25) is 5.91 Å². The Labute approximate surface area is 108 Å². The van der Waals surface area contributed by atoms with Crippen molar-refractivity contribution in [2.24, 2.45) is 5.92 Å². The Hall–Kier alpha value is -1.14. The van der Waals surface area contributed by atoms with E-state index in [9.17, 15) is 9.59 Å². The van der Waals surface area contributed by atoms with Crippen molar-refractivity contribution in [1.29, 1.82) is 0 Å². The predicted molar refractivity (Wildman–Crippen MR) is 68.3 cm³/mol. The van der Waals surface area contributed by atoms with Gasteiger partial charge in [0.05, 0.1) is 12.5 Å². The van der Waals surface area contributed by atoms with Crippen molar-refractivity contribution >= 4 is 11.9 Å². The minimum atomic E-state index is -0.887. The molecule has 18 heavy (non-hydrogen) atoms. The first-order valence-corrected chi connectivity index (χ1v) is 6.46. The number of carboxylic acids is 1. The lowest BCUT2D eigenvalue weighted by atomic mass is 10.0. The summed E-state index contributed by atoms with van der Waals surface area (Å²) < 4.78 is 0. The van der Waals surface area contributed by atoms with E-state index < -0.39 is 11.9 Å². The first kappa shape index (κ1) is 14.9. The van der Waals surface area contributed by atoms with Crippen LogP contribution in [0.4, 0.5) is 0 Å². The van der Waals surface area contributed by atoms with Crippen molar-refractivity contribution in [3.05, 3.63) is 0 Å². The molecule has 3 N–H and O–H groups in total. The molecule has 1 saturated heterocycles. The van der Waals surface area contributed by atoms with Crippen LogP contribution in [0, 0.1) is 5.92 Å². The first-order valence-electron chi connectivity index (χ1n) is 6.46. The van der Waals surface area contributed by atoms with Gasteiger partial charge >= 0.3 is 5.97 Å². The smallest absolute Gasteiger partial charge is 0.308 e. The highest BCUT2D eigenvalue weighted by atomic mass is 16.4. The maximum atomic E-state index is 11.8. The number of hydrogen-bond donors (Lipinski definition) is 3. The molecule has 0 aliphatic carbocycles. The predicted octanol–water partition coefficient (Wildman–Crippen LogP) is -0.493. The van der Waals surface area contributed by atoms with E-state index in [0.717, 1.165) is 32.6 Å². The van der Waals surface area contributed by atoms with Gasteiger partial charge in [0, 0.05) is 19.1 Å². The zero-order valence-corrected chi connectivity index (χ0v) is 11.1. The van der Waals surface area contributed by atoms with Gasteiger partial charge in [-0.05, 0) is 33.4 Å². The van der Waals surface area contributed by atoms with Crippen LogP contribution in [0.1, 0.15) is 20.3 Å². The van der Waals surface area contributed by atoms with Crippen LogP contribution in [-0.4, -0.2) is 60.6 Å². The van der Waals surface area contributed by atoms with Gasteiger partial charge in [0.1, 0.15) is 0 Å². The Bertz CT molecular complexity index is 288. The van der Waals surface area contributed by atoms with Crippen LogP contribution in [0.5, 0.6) is 0 Å². The van der Waals surface area contributed by atoms with E-state index in [1.54, 1.807) is 13.8 Å². The lowest BCUT2D eigenvalue weighted by Crippen LogP contribution is -2.45. The van der Waals surface area contributed by atoms with Gasteiger partial charge < -0.3 is 15.7 Å². The summed E-state index contributed by atoms with van der Waals surface area (Å²) in [6.07, 6.45) is 1.04. The number of rotatable bonds is 5. The zero-order chi connectivity index (χ0) is 13.5. The topological polar surface area (TPSA) is 81.7 Å². The molecule has 1 heterocycles. The molecule has 0 aromatic rings. The molecule has 6 nitrogen and oxygen atoms in total. The van der Waals surface area contributed by atoms with E-state index in [1.165, 1.54) is 0 Å². The molecule has 0 aromatic heterocycles. The highest BCUT2D eigenvalue weighted by molar-refractivity contribution is 5.79. The van der Waals surface area contributed by atoms with E-state index in [-0.39, 0.29) is 11.9 Å². The average molecular weight is 257 g/mol. The molecular formula is C12H23N3O3. The molecule has 6 heteroatoms. The fraction of sp³-hybridized carbons (Fsp3) is 0.833. The number of amides is 1. The van der Waals surface area contributed by atoms with Crippen LogP contribution in [0.25, 0.3) is 0 Å². The molecule has 0 radical (unpaired) electrons. The van der Waals surface area contributed by atoms with Crippen LogP contribution >= 0.6 is 0 Å². The summed E-state index contributed by atoms with van der Waals surface area (Å²) in [7, 11) is 0. The summed E-state index contributed by atoms with van der Waals surface area (Å²) >= 11 is 0. The summed E-state index contributed by atoms with van der Waals surface area (Å²) in [4.78, 5) is 24.7. The average Bonchev–Trinajstić information content (AvgIpc) is 2.56. The molecule has 2 unspecified atom stereocenters. The van der Waals surface area contributed by atoms with Crippen molar-refractivity contribution in [3.63, 3.8) is 0 Å².